The zero-order valence-electron chi connectivity index (χ0n) is 16.9. The summed E-state index contributed by atoms with van der Waals surface area (Å²) in [5.74, 6) is -2.18. The molecule has 2 aliphatic rings. The summed E-state index contributed by atoms with van der Waals surface area (Å²) in [6.07, 6.45) is 2.86. The number of nitrogens with zero attached hydrogens (tertiary/aromatic N) is 2. The minimum Gasteiger partial charge on any atom is -0.382 e. The van der Waals surface area contributed by atoms with Crippen LogP contribution in [0, 0.1) is 11.6 Å². The van der Waals surface area contributed by atoms with Gasteiger partial charge in [0, 0.05) is 30.9 Å². The molecule has 0 bridgehead atoms. The molecule has 0 radical (unpaired) electrons. The lowest BCUT2D eigenvalue weighted by atomic mass is 10.0. The summed E-state index contributed by atoms with van der Waals surface area (Å²) in [5, 5.41) is 3.26. The number of carbonyl (C=O) groups excluding carboxylic acids is 2. The summed E-state index contributed by atoms with van der Waals surface area (Å²) in [5.41, 5.74) is 1.50. The fourth-order valence-corrected chi connectivity index (χ4v) is 4.38. The minimum absolute atomic E-state index is 0.121. The van der Waals surface area contributed by atoms with Crippen molar-refractivity contribution < 1.29 is 18.4 Å². The van der Waals surface area contributed by atoms with E-state index in [2.05, 4.69) is 10.2 Å². The number of nitrogens with one attached hydrogen (secondary N) is 1. The summed E-state index contributed by atoms with van der Waals surface area (Å²) in [7, 11) is 0. The first-order valence-electron chi connectivity index (χ1n) is 10.4. The number of amides is 2. The van der Waals surface area contributed by atoms with E-state index in [1.54, 1.807) is 24.3 Å². The highest BCUT2D eigenvalue weighted by molar-refractivity contribution is 6.21. The summed E-state index contributed by atoms with van der Waals surface area (Å²) < 4.78 is 26.6. The van der Waals surface area contributed by atoms with Crippen LogP contribution in [0.15, 0.2) is 42.5 Å². The van der Waals surface area contributed by atoms with E-state index in [0.29, 0.717) is 36.3 Å². The maximum Gasteiger partial charge on any atom is 0.262 e. The molecule has 30 heavy (non-hydrogen) atoms. The molecule has 7 heteroatoms. The summed E-state index contributed by atoms with van der Waals surface area (Å²) in [6.45, 7) is 3.46. The van der Waals surface area contributed by atoms with Crippen LogP contribution in [0.1, 0.15) is 53.3 Å². The third-order valence-electron chi connectivity index (χ3n) is 5.91. The first-order valence-corrected chi connectivity index (χ1v) is 10.4. The van der Waals surface area contributed by atoms with Crippen molar-refractivity contribution in [1.29, 1.82) is 0 Å². The number of piperidine rings is 1. The second-order valence-corrected chi connectivity index (χ2v) is 7.88. The molecule has 158 valence electrons. The van der Waals surface area contributed by atoms with Gasteiger partial charge in [-0.05, 0) is 43.5 Å². The predicted molar refractivity (Wildman–Crippen MR) is 110 cm³/mol. The molecule has 2 aliphatic heterocycles. The Morgan fingerprint density at radius 1 is 1.00 bits per heavy atom. The van der Waals surface area contributed by atoms with Crippen LogP contribution in [0.25, 0.3) is 0 Å². The van der Waals surface area contributed by atoms with Gasteiger partial charge >= 0.3 is 0 Å². The van der Waals surface area contributed by atoms with Crippen LogP contribution in [0.4, 0.5) is 14.5 Å². The van der Waals surface area contributed by atoms with Gasteiger partial charge < -0.3 is 5.32 Å². The second-order valence-electron chi connectivity index (χ2n) is 7.88. The lowest BCUT2D eigenvalue weighted by molar-refractivity contribution is 0.0214. The average molecular weight is 413 g/mol. The predicted octanol–water partition coefficient (Wildman–Crippen LogP) is 4.26. The van der Waals surface area contributed by atoms with Crippen molar-refractivity contribution in [2.45, 2.75) is 44.8 Å². The molecule has 1 N–H and O–H groups in total. The molecule has 2 amide bonds. The zero-order valence-corrected chi connectivity index (χ0v) is 16.9. The van der Waals surface area contributed by atoms with E-state index in [0.717, 1.165) is 25.3 Å². The number of imide groups is 1. The molecule has 1 fully saturated rings. The minimum atomic E-state index is -0.869. The van der Waals surface area contributed by atoms with E-state index in [1.165, 1.54) is 17.0 Å². The van der Waals surface area contributed by atoms with E-state index in [-0.39, 0.29) is 24.0 Å². The fraction of sp³-hybridized carbons (Fsp3) is 0.391. The monoisotopic (exact) mass is 413 g/mol. The van der Waals surface area contributed by atoms with Gasteiger partial charge in [-0.3, -0.25) is 19.4 Å². The molecule has 2 aromatic carbocycles. The summed E-state index contributed by atoms with van der Waals surface area (Å²) in [6, 6.07) is 10.9. The van der Waals surface area contributed by atoms with Crippen LogP contribution >= 0.6 is 0 Å². The van der Waals surface area contributed by atoms with Crippen molar-refractivity contribution in [3.63, 3.8) is 0 Å². The van der Waals surface area contributed by atoms with Crippen LogP contribution < -0.4 is 5.32 Å². The maximum absolute atomic E-state index is 13.5. The van der Waals surface area contributed by atoms with Crippen molar-refractivity contribution >= 4 is 17.5 Å². The van der Waals surface area contributed by atoms with Crippen LogP contribution in [-0.2, 0) is 0 Å². The first kappa shape index (κ1) is 20.5. The Labute approximate surface area is 174 Å². The van der Waals surface area contributed by atoms with Gasteiger partial charge in [-0.15, -0.1) is 0 Å². The number of likely N-dealkylation sites (tertiary alicyclic amines) is 1. The van der Waals surface area contributed by atoms with Crippen molar-refractivity contribution in [3.05, 3.63) is 65.2 Å². The van der Waals surface area contributed by atoms with Gasteiger partial charge in [0.25, 0.3) is 11.8 Å². The Balaban J connectivity index is 1.43. The molecule has 0 spiro atoms. The van der Waals surface area contributed by atoms with Gasteiger partial charge in [-0.2, -0.15) is 0 Å². The lowest BCUT2D eigenvalue weighted by Gasteiger charge is -2.41. The van der Waals surface area contributed by atoms with Crippen LogP contribution in [-0.4, -0.2) is 46.9 Å². The van der Waals surface area contributed by atoms with Gasteiger partial charge in [-0.1, -0.05) is 25.5 Å². The standard InChI is InChI=1S/C23H25F2N3O2/c1-2-5-21(28-22(29)17-6-3-4-7-18(17)23(28)30)27-12-10-15(11-13-27)26-16-8-9-19(24)20(25)14-16/h3-4,6-9,14-15,21,26H,2,5,10-13H2,1H3. The molecule has 2 heterocycles. The molecule has 0 aromatic heterocycles. The molecule has 2 aromatic rings. The first-order chi connectivity index (χ1) is 14.5. The largest absolute Gasteiger partial charge is 0.382 e. The number of fused-ring (bicyclic) bond motifs is 1. The van der Waals surface area contributed by atoms with Crippen molar-refractivity contribution in [3.8, 4) is 0 Å². The van der Waals surface area contributed by atoms with Crippen molar-refractivity contribution in [2.75, 3.05) is 18.4 Å². The lowest BCUT2D eigenvalue weighted by Crippen LogP contribution is -2.54. The Bertz CT molecular complexity index is 922. The van der Waals surface area contributed by atoms with Crippen LogP contribution in [0.3, 0.4) is 0 Å². The van der Waals surface area contributed by atoms with E-state index in [9.17, 15) is 18.4 Å². The molecule has 0 saturated carbocycles. The Morgan fingerprint density at radius 3 is 2.20 bits per heavy atom. The van der Waals surface area contributed by atoms with Crippen molar-refractivity contribution in [1.82, 2.24) is 9.80 Å². The van der Waals surface area contributed by atoms with Gasteiger partial charge in [0.15, 0.2) is 11.6 Å². The Kier molecular flexibility index (Phi) is 5.81. The zero-order chi connectivity index (χ0) is 21.3. The molecule has 4 rings (SSSR count). The Morgan fingerprint density at radius 2 is 1.63 bits per heavy atom. The number of halogens is 2. The summed E-state index contributed by atoms with van der Waals surface area (Å²) >= 11 is 0. The van der Waals surface area contributed by atoms with Crippen molar-refractivity contribution in [2.24, 2.45) is 0 Å². The van der Waals surface area contributed by atoms with Crippen LogP contribution in [0.5, 0.6) is 0 Å². The molecule has 1 atom stereocenters. The molecular weight excluding hydrogens is 388 g/mol. The van der Waals surface area contributed by atoms with E-state index < -0.39 is 11.6 Å². The van der Waals surface area contributed by atoms with Gasteiger partial charge in [0.1, 0.15) is 0 Å². The highest BCUT2D eigenvalue weighted by atomic mass is 19.2. The summed E-state index contributed by atoms with van der Waals surface area (Å²) in [4.78, 5) is 29.5. The quantitative estimate of drug-likeness (QED) is 0.719. The van der Waals surface area contributed by atoms with Gasteiger partial charge in [0.05, 0.1) is 17.3 Å². The Hall–Kier alpha value is -2.80. The van der Waals surface area contributed by atoms with Crippen LogP contribution in [0.2, 0.25) is 0 Å². The molecule has 5 nitrogen and oxygen atoms in total. The number of rotatable bonds is 6. The topological polar surface area (TPSA) is 52.6 Å². The van der Waals surface area contributed by atoms with E-state index in [4.69, 9.17) is 0 Å². The molecular formula is C23H25F2N3O2. The smallest absolute Gasteiger partial charge is 0.262 e. The average Bonchev–Trinajstić information content (AvgIpc) is 3.00. The maximum atomic E-state index is 13.5. The molecule has 0 aliphatic carbocycles. The highest BCUT2D eigenvalue weighted by Crippen LogP contribution is 2.29. The molecule has 1 saturated heterocycles. The SMILES string of the molecule is CCCC(N1CCC(Nc2ccc(F)c(F)c2)CC1)N1C(=O)c2ccccc2C1=O. The van der Waals surface area contributed by atoms with E-state index >= 15 is 0 Å². The number of hydrogen-bond donors (Lipinski definition) is 1. The normalized spacial score (nSPS) is 18.6. The number of benzene rings is 2. The number of anilines is 1. The molecule has 1 unspecified atom stereocenters. The van der Waals surface area contributed by atoms with E-state index in [1.807, 2.05) is 6.92 Å². The third kappa shape index (κ3) is 3.81. The highest BCUT2D eigenvalue weighted by Gasteiger charge is 2.42. The third-order valence-corrected chi connectivity index (χ3v) is 5.91. The number of hydrogen-bond acceptors (Lipinski definition) is 4. The second kappa shape index (κ2) is 8.52. The number of carbonyl (C=O) groups is 2. The van der Waals surface area contributed by atoms with Gasteiger partial charge in [-0.25, -0.2) is 8.78 Å². The fourth-order valence-electron chi connectivity index (χ4n) is 4.38. The van der Waals surface area contributed by atoms with Gasteiger partial charge in [0.2, 0.25) is 0 Å².